The first-order chi connectivity index (χ1) is 15.4. The average Bonchev–Trinajstić information content (AvgIpc) is 3.14. The van der Waals surface area contributed by atoms with Crippen LogP contribution in [0.2, 0.25) is 0 Å². The second-order valence-electron chi connectivity index (χ2n) is 9.16. The van der Waals surface area contributed by atoms with Gasteiger partial charge in [0.1, 0.15) is 11.8 Å². The van der Waals surface area contributed by atoms with Gasteiger partial charge >= 0.3 is 0 Å². The minimum atomic E-state index is -2.71. The third-order valence-electron chi connectivity index (χ3n) is 7.23. The Morgan fingerprint density at radius 2 is 1.82 bits per heavy atom. The second kappa shape index (κ2) is 6.59. The van der Waals surface area contributed by atoms with Crippen molar-refractivity contribution in [3.8, 4) is 0 Å². The Morgan fingerprint density at radius 1 is 1.15 bits per heavy atom. The molecule has 1 fully saturated rings. The Kier molecular flexibility index (Phi) is 4.38. The van der Waals surface area contributed by atoms with Crippen molar-refractivity contribution in [1.82, 2.24) is 4.90 Å². The van der Waals surface area contributed by atoms with Gasteiger partial charge in [-0.3, -0.25) is 34.8 Å². The lowest BCUT2D eigenvalue weighted by Crippen LogP contribution is -2.74. The summed E-state index contributed by atoms with van der Waals surface area (Å²) in [5, 5.41) is 45.1. The molecular weight excluding hydrogens is 438 g/mol. The van der Waals surface area contributed by atoms with Crippen molar-refractivity contribution in [2.45, 2.75) is 29.6 Å². The van der Waals surface area contributed by atoms with E-state index in [1.807, 2.05) is 0 Å². The summed E-state index contributed by atoms with van der Waals surface area (Å²) in [6, 6.07) is -1.37. The van der Waals surface area contributed by atoms with Gasteiger partial charge in [0, 0.05) is 11.1 Å². The standard InChI is InChI=1S/C21H23N3O9/c1-24(2)13-12-15(27)11-9-16(8-6(21(11,23)31)4-3-5-7(8)25)32-33-18(9)20(12,30)17(28)10(14(13)26)19(22)29/h3-5,7,10-13,15,25,27,30-31H,23H2,1-2H3,(H2,22,29)/t7?,10?,11-,12-,13+,15+,20-,21?/m1/s1. The number of aliphatic hydroxyl groups is 4. The van der Waals surface area contributed by atoms with Crippen molar-refractivity contribution in [2.75, 3.05) is 14.1 Å². The third kappa shape index (κ3) is 2.42. The van der Waals surface area contributed by atoms with E-state index in [4.69, 9.17) is 21.2 Å². The number of Topliss-reactive ketones (excluding diaryl/α,β-unsaturated/α-hetero) is 2. The van der Waals surface area contributed by atoms with E-state index in [-0.39, 0.29) is 22.5 Å². The van der Waals surface area contributed by atoms with Gasteiger partial charge in [-0.25, -0.2) is 0 Å². The van der Waals surface area contributed by atoms with Crippen molar-refractivity contribution >= 4 is 17.5 Å². The van der Waals surface area contributed by atoms with Gasteiger partial charge < -0.3 is 26.2 Å². The molecule has 12 heteroatoms. The van der Waals surface area contributed by atoms with Gasteiger partial charge in [-0.15, -0.1) is 0 Å². The highest BCUT2D eigenvalue weighted by molar-refractivity contribution is 6.24. The van der Waals surface area contributed by atoms with Gasteiger partial charge in [0.05, 0.1) is 29.6 Å². The molecule has 1 amide bonds. The molecule has 5 aliphatic rings. The number of nitrogens with two attached hydrogens (primary N) is 2. The predicted molar refractivity (Wildman–Crippen MR) is 107 cm³/mol. The number of aliphatic hydroxyl groups excluding tert-OH is 2. The van der Waals surface area contributed by atoms with Crippen LogP contribution in [0.3, 0.4) is 0 Å². The number of hydrogen-bond acceptors (Lipinski definition) is 11. The first-order valence-electron chi connectivity index (χ1n) is 10.2. The lowest BCUT2D eigenvalue weighted by atomic mass is 9.53. The molecule has 8 N–H and O–H groups in total. The first kappa shape index (κ1) is 21.9. The van der Waals surface area contributed by atoms with Crippen LogP contribution < -0.4 is 11.5 Å². The summed E-state index contributed by atoms with van der Waals surface area (Å²) in [4.78, 5) is 50.4. The smallest absolute Gasteiger partial charge is 0.235 e. The highest BCUT2D eigenvalue weighted by atomic mass is 17.2. The third-order valence-corrected chi connectivity index (χ3v) is 7.23. The molecule has 176 valence electrons. The van der Waals surface area contributed by atoms with E-state index >= 15 is 0 Å². The lowest BCUT2D eigenvalue weighted by Gasteiger charge is -2.54. The number of fused-ring (bicyclic) bond motifs is 3. The van der Waals surface area contributed by atoms with E-state index in [9.17, 15) is 34.8 Å². The maximum atomic E-state index is 13.4. The van der Waals surface area contributed by atoms with Crippen molar-refractivity contribution in [2.24, 2.45) is 29.2 Å². The number of allylic oxidation sites excluding steroid dienone is 3. The van der Waals surface area contributed by atoms with Crippen LogP contribution >= 0.6 is 0 Å². The topological polar surface area (TPSA) is 206 Å². The van der Waals surface area contributed by atoms with E-state index in [0.717, 1.165) is 0 Å². The minimum absolute atomic E-state index is 0.0351. The summed E-state index contributed by atoms with van der Waals surface area (Å²) in [6.45, 7) is 0. The Hall–Kier alpha value is -2.87. The van der Waals surface area contributed by atoms with Crippen molar-refractivity contribution in [3.05, 3.63) is 46.5 Å². The molecule has 0 saturated heterocycles. The molecule has 0 bridgehead atoms. The Balaban J connectivity index is 1.84. The zero-order valence-electron chi connectivity index (χ0n) is 17.6. The largest absolute Gasteiger partial charge is 0.392 e. The molecule has 12 nitrogen and oxygen atoms in total. The molecule has 33 heavy (non-hydrogen) atoms. The maximum absolute atomic E-state index is 13.4. The van der Waals surface area contributed by atoms with E-state index in [1.165, 1.54) is 37.2 Å². The first-order valence-corrected chi connectivity index (χ1v) is 10.2. The quantitative estimate of drug-likeness (QED) is 0.135. The van der Waals surface area contributed by atoms with Gasteiger partial charge in [0.15, 0.2) is 28.8 Å². The molecule has 5 rings (SSSR count). The number of rotatable bonds is 2. The van der Waals surface area contributed by atoms with Crippen LogP contribution in [0.1, 0.15) is 0 Å². The van der Waals surface area contributed by atoms with Crippen molar-refractivity contribution in [3.63, 3.8) is 0 Å². The van der Waals surface area contributed by atoms with Crippen LogP contribution in [0.15, 0.2) is 46.5 Å². The van der Waals surface area contributed by atoms with Gasteiger partial charge in [0.25, 0.3) is 0 Å². The van der Waals surface area contributed by atoms with Gasteiger partial charge in [-0.1, -0.05) is 18.2 Å². The highest BCUT2D eigenvalue weighted by Gasteiger charge is 2.73. The molecule has 4 aliphatic carbocycles. The molecule has 0 radical (unpaired) electrons. The highest BCUT2D eigenvalue weighted by Crippen LogP contribution is 2.59. The fourth-order valence-electron chi connectivity index (χ4n) is 5.88. The summed E-state index contributed by atoms with van der Waals surface area (Å²) in [7, 11) is 2.92. The number of ketones is 2. The summed E-state index contributed by atoms with van der Waals surface area (Å²) in [5.74, 6) is -9.07. The summed E-state index contributed by atoms with van der Waals surface area (Å²) < 4.78 is 0. The van der Waals surface area contributed by atoms with Gasteiger partial charge in [0.2, 0.25) is 11.7 Å². The van der Waals surface area contributed by atoms with Crippen molar-refractivity contribution < 1.29 is 44.6 Å². The number of hydrogen-bond donors (Lipinski definition) is 6. The average molecular weight is 461 g/mol. The lowest BCUT2D eigenvalue weighted by molar-refractivity contribution is -0.241. The Bertz CT molecular complexity index is 1130. The summed E-state index contributed by atoms with van der Waals surface area (Å²) in [6.07, 6.45) is 1.24. The van der Waals surface area contributed by atoms with E-state index in [0.29, 0.717) is 0 Å². The fourth-order valence-corrected chi connectivity index (χ4v) is 5.88. The Morgan fingerprint density at radius 3 is 2.42 bits per heavy atom. The molecule has 0 spiro atoms. The van der Waals surface area contributed by atoms with E-state index < -0.39 is 70.6 Å². The monoisotopic (exact) mass is 461 g/mol. The van der Waals surface area contributed by atoms with Gasteiger partial charge in [-0.2, -0.15) is 0 Å². The van der Waals surface area contributed by atoms with Gasteiger partial charge in [-0.05, 0) is 14.1 Å². The summed E-state index contributed by atoms with van der Waals surface area (Å²) >= 11 is 0. The van der Waals surface area contributed by atoms with Crippen LogP contribution in [0.25, 0.3) is 0 Å². The molecule has 1 aliphatic heterocycles. The van der Waals surface area contributed by atoms with Crippen LogP contribution in [0.5, 0.6) is 0 Å². The van der Waals surface area contributed by atoms with E-state index in [2.05, 4.69) is 0 Å². The zero-order chi connectivity index (χ0) is 24.2. The van der Waals surface area contributed by atoms with Crippen LogP contribution in [-0.4, -0.2) is 86.5 Å². The molecule has 0 aromatic rings. The maximum Gasteiger partial charge on any atom is 0.235 e. The van der Waals surface area contributed by atoms with Crippen LogP contribution in [0.4, 0.5) is 0 Å². The molecule has 3 unspecified atom stereocenters. The fraction of sp³-hybridized carbons (Fsp3) is 0.476. The molecular formula is C21H23N3O9. The van der Waals surface area contributed by atoms with Crippen LogP contribution in [-0.2, 0) is 24.2 Å². The Labute approximate surface area is 187 Å². The molecule has 0 aromatic heterocycles. The number of primary amides is 1. The SMILES string of the molecule is CN(C)[C@@H]1C(=O)C(C(N)=O)C(=O)[C@@]2(O)C3=C4C(=C5C(=CC=CC5O)C(N)(O)[C@H]4[C@H](O)[C@@H]12)OO3. The number of likely N-dealkylation sites (N-methyl/N-ethyl adjacent to an activating group) is 1. The second-order valence-corrected chi connectivity index (χ2v) is 9.16. The van der Waals surface area contributed by atoms with Crippen molar-refractivity contribution in [1.29, 1.82) is 0 Å². The molecule has 0 aromatic carbocycles. The zero-order valence-corrected chi connectivity index (χ0v) is 17.6. The number of carbonyl (C=O) groups excluding carboxylic acids is 3. The number of nitrogens with zero attached hydrogens (tertiary/aromatic N) is 1. The normalized spacial score (nSPS) is 43.6. The minimum Gasteiger partial charge on any atom is -0.392 e. The summed E-state index contributed by atoms with van der Waals surface area (Å²) in [5.41, 5.74) is 6.56. The molecule has 1 saturated carbocycles. The number of carbonyl (C=O) groups is 3. The molecule has 8 atom stereocenters. The van der Waals surface area contributed by atoms with Crippen LogP contribution in [0, 0.1) is 17.8 Å². The molecule has 1 heterocycles. The predicted octanol–water partition coefficient (Wildman–Crippen LogP) is -3.50. The number of amides is 1. The van der Waals surface area contributed by atoms with E-state index in [1.54, 1.807) is 0 Å².